The second-order valence-corrected chi connectivity index (χ2v) is 5.11. The van der Waals surface area contributed by atoms with Crippen molar-refractivity contribution in [2.24, 2.45) is 7.05 Å². The van der Waals surface area contributed by atoms with E-state index < -0.39 is 0 Å². The molecule has 88 valence electrons. The Morgan fingerprint density at radius 3 is 2.81 bits per heavy atom. The Morgan fingerprint density at radius 1 is 1.38 bits per heavy atom. The summed E-state index contributed by atoms with van der Waals surface area (Å²) >= 11 is 0. The van der Waals surface area contributed by atoms with Crippen molar-refractivity contribution in [2.75, 3.05) is 17.2 Å². The van der Waals surface area contributed by atoms with Gasteiger partial charge in [-0.3, -0.25) is 4.68 Å². The van der Waals surface area contributed by atoms with Gasteiger partial charge in [-0.2, -0.15) is 5.10 Å². The lowest BCUT2D eigenvalue weighted by atomic mass is 9.95. The third-order valence-electron chi connectivity index (χ3n) is 4.00. The fourth-order valence-corrected chi connectivity index (χ4v) is 3.06. The van der Waals surface area contributed by atoms with Crippen molar-refractivity contribution in [1.82, 2.24) is 9.78 Å². The van der Waals surface area contributed by atoms with Crippen molar-refractivity contribution in [3.63, 3.8) is 0 Å². The number of hydrogen-bond acceptors (Lipinski definition) is 3. The highest BCUT2D eigenvalue weighted by Gasteiger charge is 2.38. The molecule has 3 rings (SSSR count). The van der Waals surface area contributed by atoms with Crippen LogP contribution in [0.2, 0.25) is 0 Å². The van der Waals surface area contributed by atoms with Gasteiger partial charge in [0.05, 0.1) is 11.2 Å². The number of hydrogen-bond donors (Lipinski definition) is 2. The predicted molar refractivity (Wildman–Crippen MR) is 65.9 cm³/mol. The van der Waals surface area contributed by atoms with Gasteiger partial charge in [0.25, 0.3) is 0 Å². The molecular weight excluding hydrogens is 200 g/mol. The van der Waals surface area contributed by atoms with Crippen molar-refractivity contribution < 1.29 is 0 Å². The van der Waals surface area contributed by atoms with Gasteiger partial charge in [-0.05, 0) is 19.3 Å². The molecule has 2 heterocycles. The van der Waals surface area contributed by atoms with E-state index in [9.17, 15) is 0 Å². The molecule has 2 aliphatic rings. The summed E-state index contributed by atoms with van der Waals surface area (Å²) in [4.78, 5) is 0. The first-order valence-corrected chi connectivity index (χ1v) is 6.32. The summed E-state index contributed by atoms with van der Waals surface area (Å²) in [6.07, 6.45) is 6.26. The van der Waals surface area contributed by atoms with Crippen LogP contribution in [-0.4, -0.2) is 21.9 Å². The largest absolute Gasteiger partial charge is 0.378 e. The van der Waals surface area contributed by atoms with E-state index in [0.717, 1.165) is 13.0 Å². The molecule has 0 amide bonds. The summed E-state index contributed by atoms with van der Waals surface area (Å²) in [7, 11) is 2.03. The highest BCUT2D eigenvalue weighted by Crippen LogP contribution is 2.40. The van der Waals surface area contributed by atoms with Crippen LogP contribution in [-0.2, 0) is 13.5 Å². The molecule has 2 N–H and O–H groups in total. The van der Waals surface area contributed by atoms with Gasteiger partial charge in [0.1, 0.15) is 11.5 Å². The zero-order chi connectivity index (χ0) is 11.2. The van der Waals surface area contributed by atoms with Crippen LogP contribution in [0.3, 0.4) is 0 Å². The van der Waals surface area contributed by atoms with Crippen LogP contribution >= 0.6 is 0 Å². The maximum atomic E-state index is 4.56. The van der Waals surface area contributed by atoms with Gasteiger partial charge in [-0.25, -0.2) is 0 Å². The van der Waals surface area contributed by atoms with Crippen molar-refractivity contribution in [3.8, 4) is 0 Å². The van der Waals surface area contributed by atoms with E-state index in [1.165, 1.54) is 42.9 Å². The van der Waals surface area contributed by atoms with Gasteiger partial charge in [-0.1, -0.05) is 19.8 Å². The molecular formula is C12H20N4. The highest BCUT2D eigenvalue weighted by atomic mass is 15.4. The lowest BCUT2D eigenvalue weighted by Crippen LogP contribution is -2.45. The molecule has 1 aliphatic heterocycles. The van der Waals surface area contributed by atoms with Crippen LogP contribution in [0.25, 0.3) is 0 Å². The summed E-state index contributed by atoms with van der Waals surface area (Å²) in [5.74, 6) is 1.19. The molecule has 0 aromatic carbocycles. The minimum Gasteiger partial charge on any atom is -0.378 e. The third-order valence-corrected chi connectivity index (χ3v) is 4.00. The number of aryl methyl sites for hydroxylation is 2. The Hall–Kier alpha value is -1.19. The van der Waals surface area contributed by atoms with E-state index in [1.807, 2.05) is 11.7 Å². The van der Waals surface area contributed by atoms with E-state index in [4.69, 9.17) is 0 Å². The van der Waals surface area contributed by atoms with Crippen molar-refractivity contribution >= 4 is 11.5 Å². The zero-order valence-corrected chi connectivity index (χ0v) is 10.1. The van der Waals surface area contributed by atoms with Crippen LogP contribution in [0.4, 0.5) is 11.5 Å². The smallest absolute Gasteiger partial charge is 0.148 e. The number of aromatic nitrogens is 2. The predicted octanol–water partition coefficient (Wildman–Crippen LogP) is 2.13. The molecule has 1 saturated carbocycles. The first kappa shape index (κ1) is 10.00. The molecule has 1 aromatic heterocycles. The summed E-state index contributed by atoms with van der Waals surface area (Å²) in [6, 6.07) is 0. The number of nitrogens with one attached hydrogen (secondary N) is 2. The van der Waals surface area contributed by atoms with Gasteiger partial charge in [0, 0.05) is 13.6 Å². The Labute approximate surface area is 96.4 Å². The van der Waals surface area contributed by atoms with E-state index in [2.05, 4.69) is 22.7 Å². The molecule has 16 heavy (non-hydrogen) atoms. The molecule has 0 radical (unpaired) electrons. The second-order valence-electron chi connectivity index (χ2n) is 5.11. The molecule has 0 bridgehead atoms. The maximum Gasteiger partial charge on any atom is 0.148 e. The van der Waals surface area contributed by atoms with Crippen molar-refractivity contribution in [1.29, 1.82) is 0 Å². The first-order valence-electron chi connectivity index (χ1n) is 6.32. The molecule has 4 nitrogen and oxygen atoms in total. The van der Waals surface area contributed by atoms with E-state index in [0.29, 0.717) is 5.54 Å². The molecule has 0 saturated heterocycles. The molecule has 4 heteroatoms. The Morgan fingerprint density at radius 2 is 2.12 bits per heavy atom. The average Bonchev–Trinajstić information content (AvgIpc) is 2.86. The maximum absolute atomic E-state index is 4.56. The summed E-state index contributed by atoms with van der Waals surface area (Å²) in [5, 5.41) is 11.9. The second kappa shape index (κ2) is 3.40. The summed E-state index contributed by atoms with van der Waals surface area (Å²) in [6.45, 7) is 3.21. The summed E-state index contributed by atoms with van der Waals surface area (Å²) in [5.41, 5.74) is 2.70. The fourth-order valence-electron chi connectivity index (χ4n) is 3.06. The average molecular weight is 220 g/mol. The normalized spacial score (nSPS) is 21.6. The summed E-state index contributed by atoms with van der Waals surface area (Å²) < 4.78 is 1.99. The standard InChI is InChI=1S/C12H20N4/c1-3-9-10-11(16(2)15-9)14-12(8-13-10)6-4-5-7-12/h13-14H,3-8H2,1-2H3. The van der Waals surface area contributed by atoms with Gasteiger partial charge in [-0.15, -0.1) is 0 Å². The van der Waals surface area contributed by atoms with Crippen LogP contribution in [0, 0.1) is 0 Å². The number of fused-ring (bicyclic) bond motifs is 1. The van der Waals surface area contributed by atoms with Crippen LogP contribution < -0.4 is 10.6 Å². The van der Waals surface area contributed by atoms with Gasteiger partial charge in [0.2, 0.25) is 0 Å². The minimum absolute atomic E-state index is 0.297. The number of nitrogens with zero attached hydrogens (tertiary/aromatic N) is 2. The van der Waals surface area contributed by atoms with Crippen LogP contribution in [0.15, 0.2) is 0 Å². The third kappa shape index (κ3) is 1.32. The molecule has 0 atom stereocenters. The zero-order valence-electron chi connectivity index (χ0n) is 10.1. The molecule has 1 aromatic rings. The fraction of sp³-hybridized carbons (Fsp3) is 0.750. The molecule has 0 unspecified atom stereocenters. The molecule has 1 aliphatic carbocycles. The monoisotopic (exact) mass is 220 g/mol. The SMILES string of the molecule is CCc1nn(C)c2c1NCC1(CCCC1)N2. The van der Waals surface area contributed by atoms with E-state index >= 15 is 0 Å². The Kier molecular flexibility index (Phi) is 2.13. The Balaban J connectivity index is 1.96. The first-order chi connectivity index (χ1) is 7.74. The molecule has 1 spiro atoms. The lowest BCUT2D eigenvalue weighted by molar-refractivity contribution is 0.493. The lowest BCUT2D eigenvalue weighted by Gasteiger charge is -2.36. The van der Waals surface area contributed by atoms with E-state index in [1.54, 1.807) is 0 Å². The number of anilines is 2. The van der Waals surface area contributed by atoms with Crippen molar-refractivity contribution in [2.45, 2.75) is 44.6 Å². The van der Waals surface area contributed by atoms with Crippen molar-refractivity contribution in [3.05, 3.63) is 5.69 Å². The number of rotatable bonds is 1. The van der Waals surface area contributed by atoms with Gasteiger partial charge in [0.15, 0.2) is 0 Å². The minimum atomic E-state index is 0.297. The topological polar surface area (TPSA) is 41.9 Å². The van der Waals surface area contributed by atoms with Gasteiger partial charge < -0.3 is 10.6 Å². The molecule has 1 fully saturated rings. The van der Waals surface area contributed by atoms with Crippen LogP contribution in [0.5, 0.6) is 0 Å². The Bertz CT molecular complexity index is 401. The van der Waals surface area contributed by atoms with Gasteiger partial charge >= 0.3 is 0 Å². The quantitative estimate of drug-likeness (QED) is 0.762. The highest BCUT2D eigenvalue weighted by molar-refractivity contribution is 5.71. The van der Waals surface area contributed by atoms with E-state index in [-0.39, 0.29) is 0 Å². The van der Waals surface area contributed by atoms with Crippen LogP contribution in [0.1, 0.15) is 38.3 Å².